The predicted molar refractivity (Wildman–Crippen MR) is 139 cm³/mol. The van der Waals surface area contributed by atoms with Crippen molar-refractivity contribution >= 4 is 34.1 Å². The van der Waals surface area contributed by atoms with Crippen molar-refractivity contribution in [3.63, 3.8) is 0 Å². The van der Waals surface area contributed by atoms with E-state index in [9.17, 15) is 9.59 Å². The second-order valence-electron chi connectivity index (χ2n) is 9.53. The summed E-state index contributed by atoms with van der Waals surface area (Å²) >= 11 is 1.56. The number of amides is 2. The zero-order chi connectivity index (χ0) is 24.5. The van der Waals surface area contributed by atoms with Crippen molar-refractivity contribution in [2.45, 2.75) is 31.3 Å². The van der Waals surface area contributed by atoms with E-state index in [1.165, 1.54) is 0 Å². The van der Waals surface area contributed by atoms with E-state index in [1.807, 2.05) is 65.0 Å². The van der Waals surface area contributed by atoms with Gasteiger partial charge in [0.2, 0.25) is 5.91 Å². The first kappa shape index (κ1) is 22.8. The van der Waals surface area contributed by atoms with Crippen molar-refractivity contribution in [3.05, 3.63) is 82.4 Å². The van der Waals surface area contributed by atoms with Crippen LogP contribution in [0.3, 0.4) is 0 Å². The molecule has 7 nitrogen and oxygen atoms in total. The average Bonchev–Trinajstić information content (AvgIpc) is 3.54. The lowest BCUT2D eigenvalue weighted by Crippen LogP contribution is -2.56. The van der Waals surface area contributed by atoms with Crippen LogP contribution in [0.2, 0.25) is 0 Å². The van der Waals surface area contributed by atoms with E-state index < -0.39 is 0 Å². The molecule has 1 N–H and O–H groups in total. The van der Waals surface area contributed by atoms with Gasteiger partial charge in [0.1, 0.15) is 17.5 Å². The van der Waals surface area contributed by atoms with Crippen molar-refractivity contribution in [2.75, 3.05) is 26.2 Å². The van der Waals surface area contributed by atoms with E-state index in [2.05, 4.69) is 16.0 Å². The number of aromatic nitrogens is 2. The highest BCUT2D eigenvalue weighted by Gasteiger charge is 2.34. The molecule has 2 amide bonds. The molecule has 0 bridgehead atoms. The lowest BCUT2D eigenvalue weighted by atomic mass is 9.97. The second kappa shape index (κ2) is 9.78. The van der Waals surface area contributed by atoms with Crippen LogP contribution in [0.5, 0.6) is 5.75 Å². The summed E-state index contributed by atoms with van der Waals surface area (Å²) in [6.07, 6.45) is 4.13. The summed E-state index contributed by atoms with van der Waals surface area (Å²) in [5, 5.41) is 3.98. The van der Waals surface area contributed by atoms with Gasteiger partial charge in [-0.25, -0.2) is 4.98 Å². The maximum Gasteiger partial charge on any atom is 0.273 e. The molecule has 0 atom stereocenters. The molecule has 0 radical (unpaired) electrons. The third kappa shape index (κ3) is 4.60. The molecule has 6 rings (SSSR count). The molecule has 2 aromatic carbocycles. The average molecular weight is 501 g/mol. The maximum atomic E-state index is 12.9. The summed E-state index contributed by atoms with van der Waals surface area (Å²) in [4.78, 5) is 37.5. The molecule has 2 aliphatic rings. The lowest BCUT2D eigenvalue weighted by molar-refractivity contribution is -0.131. The predicted octanol–water partition coefficient (Wildman–Crippen LogP) is 4.48. The summed E-state index contributed by atoms with van der Waals surface area (Å²) in [6.45, 7) is 2.60. The van der Waals surface area contributed by atoms with Crippen LogP contribution in [0.4, 0.5) is 0 Å². The van der Waals surface area contributed by atoms with Crippen LogP contribution in [0.25, 0.3) is 10.9 Å². The van der Waals surface area contributed by atoms with Gasteiger partial charge in [0.05, 0.1) is 24.5 Å². The molecular formula is C28H28N4O3S. The van der Waals surface area contributed by atoms with Gasteiger partial charge in [-0.05, 0) is 36.6 Å². The standard InChI is InChI=1S/C28H28N4O3S/c33-26(14-20-15-29-24-9-5-4-8-23(20)24)31-12-10-19(11-13-31)27-30-25(18-36-27)28(34)32-16-22(17-32)35-21-6-2-1-3-7-21/h1-9,15,18-19,22,29H,10-14,16-17H2. The molecule has 4 aromatic rings. The normalized spacial score (nSPS) is 16.8. The molecule has 0 spiro atoms. The number of likely N-dealkylation sites (tertiary alicyclic amines) is 2. The summed E-state index contributed by atoms with van der Waals surface area (Å²) in [6, 6.07) is 17.8. The zero-order valence-corrected chi connectivity index (χ0v) is 20.7. The van der Waals surface area contributed by atoms with Crippen LogP contribution in [0.1, 0.15) is 39.8 Å². The summed E-state index contributed by atoms with van der Waals surface area (Å²) in [5.74, 6) is 1.26. The van der Waals surface area contributed by atoms with Gasteiger partial charge in [-0.3, -0.25) is 9.59 Å². The van der Waals surface area contributed by atoms with Gasteiger partial charge in [-0.1, -0.05) is 36.4 Å². The third-order valence-electron chi connectivity index (χ3n) is 7.14. The number of hydrogen-bond acceptors (Lipinski definition) is 5. The van der Waals surface area contributed by atoms with E-state index in [-0.39, 0.29) is 17.9 Å². The molecule has 0 unspecified atom stereocenters. The zero-order valence-electron chi connectivity index (χ0n) is 19.9. The number of carbonyl (C=O) groups excluding carboxylic acids is 2. The highest BCUT2D eigenvalue weighted by Crippen LogP contribution is 2.31. The fourth-order valence-electron chi connectivity index (χ4n) is 5.03. The Bertz CT molecular complexity index is 1370. The van der Waals surface area contributed by atoms with Crippen LogP contribution in [0.15, 0.2) is 66.2 Å². The molecule has 0 saturated carbocycles. The van der Waals surface area contributed by atoms with Gasteiger partial charge in [0.15, 0.2) is 0 Å². The number of benzene rings is 2. The minimum atomic E-state index is -0.0308. The number of nitrogens with one attached hydrogen (secondary N) is 1. The number of rotatable bonds is 6. The van der Waals surface area contributed by atoms with Gasteiger partial charge in [0, 0.05) is 41.5 Å². The minimum absolute atomic E-state index is 0.0283. The Morgan fingerprint density at radius 2 is 1.75 bits per heavy atom. The number of hydrogen-bond donors (Lipinski definition) is 1. The number of H-pyrrole nitrogens is 1. The fourth-order valence-corrected chi connectivity index (χ4v) is 6.00. The van der Waals surface area contributed by atoms with Crippen LogP contribution in [-0.4, -0.2) is 63.9 Å². The van der Waals surface area contributed by atoms with Crippen LogP contribution >= 0.6 is 11.3 Å². The third-order valence-corrected chi connectivity index (χ3v) is 8.14. The van der Waals surface area contributed by atoms with Gasteiger partial charge in [-0.2, -0.15) is 0 Å². The Kier molecular flexibility index (Phi) is 6.19. The second-order valence-corrected chi connectivity index (χ2v) is 10.4. The van der Waals surface area contributed by atoms with Gasteiger partial charge >= 0.3 is 0 Å². The maximum absolute atomic E-state index is 12.9. The van der Waals surface area contributed by atoms with E-state index in [0.29, 0.717) is 31.1 Å². The van der Waals surface area contributed by atoms with Crippen molar-refractivity contribution in [1.29, 1.82) is 0 Å². The van der Waals surface area contributed by atoms with Crippen LogP contribution in [-0.2, 0) is 11.2 Å². The quantitative estimate of drug-likeness (QED) is 0.424. The summed E-state index contributed by atoms with van der Waals surface area (Å²) in [5.41, 5.74) is 2.62. The highest BCUT2D eigenvalue weighted by atomic mass is 32.1. The smallest absolute Gasteiger partial charge is 0.273 e. The van der Waals surface area contributed by atoms with Crippen molar-refractivity contribution in [2.24, 2.45) is 0 Å². The Morgan fingerprint density at radius 3 is 2.56 bits per heavy atom. The molecule has 184 valence electrons. The van der Waals surface area contributed by atoms with E-state index in [1.54, 1.807) is 16.2 Å². The first-order valence-corrected chi connectivity index (χ1v) is 13.3. The summed E-state index contributed by atoms with van der Waals surface area (Å²) in [7, 11) is 0. The SMILES string of the molecule is O=C(Cc1c[nH]c2ccccc12)N1CCC(c2nc(C(=O)N3CC(Oc4ccccc4)C3)cs2)CC1. The van der Waals surface area contributed by atoms with Crippen molar-refractivity contribution in [1.82, 2.24) is 19.8 Å². The largest absolute Gasteiger partial charge is 0.487 e. The number of ether oxygens (including phenoxy) is 1. The molecule has 0 aliphatic carbocycles. The molecule has 4 heterocycles. The number of aromatic amines is 1. The number of para-hydroxylation sites is 2. The van der Waals surface area contributed by atoms with E-state index in [4.69, 9.17) is 4.74 Å². The molecule has 2 saturated heterocycles. The summed E-state index contributed by atoms with van der Waals surface area (Å²) < 4.78 is 5.90. The van der Waals surface area contributed by atoms with Crippen molar-refractivity contribution in [3.8, 4) is 5.75 Å². The Morgan fingerprint density at radius 1 is 1.00 bits per heavy atom. The molecular weight excluding hydrogens is 472 g/mol. The molecule has 2 aromatic heterocycles. The van der Waals surface area contributed by atoms with Gasteiger partial charge in [-0.15, -0.1) is 11.3 Å². The van der Waals surface area contributed by atoms with E-state index >= 15 is 0 Å². The molecule has 36 heavy (non-hydrogen) atoms. The number of piperidine rings is 1. The number of fused-ring (bicyclic) bond motifs is 1. The fraction of sp³-hybridized carbons (Fsp3) is 0.321. The molecule has 8 heteroatoms. The van der Waals surface area contributed by atoms with Crippen LogP contribution in [0, 0.1) is 0 Å². The number of thiazole rings is 1. The van der Waals surface area contributed by atoms with Gasteiger partial charge < -0.3 is 19.5 Å². The molecule has 2 aliphatic heterocycles. The monoisotopic (exact) mass is 500 g/mol. The van der Waals surface area contributed by atoms with E-state index in [0.717, 1.165) is 53.2 Å². The van der Waals surface area contributed by atoms with Crippen LogP contribution < -0.4 is 4.74 Å². The highest BCUT2D eigenvalue weighted by molar-refractivity contribution is 7.09. The van der Waals surface area contributed by atoms with Crippen molar-refractivity contribution < 1.29 is 14.3 Å². The van der Waals surface area contributed by atoms with Gasteiger partial charge in [0.25, 0.3) is 5.91 Å². The topological polar surface area (TPSA) is 78.5 Å². The Labute approximate surface area is 213 Å². The first-order valence-electron chi connectivity index (χ1n) is 12.4. The first-order chi connectivity index (χ1) is 17.6. The Balaban J connectivity index is 0.995. The lowest BCUT2D eigenvalue weighted by Gasteiger charge is -2.38. The minimum Gasteiger partial charge on any atom is -0.487 e. The number of nitrogens with zero attached hydrogens (tertiary/aromatic N) is 3. The number of carbonyl (C=O) groups is 2. The molecule has 2 fully saturated rings. The Hall–Kier alpha value is -3.65.